The van der Waals surface area contributed by atoms with Crippen molar-refractivity contribution in [3.63, 3.8) is 0 Å². The highest BCUT2D eigenvalue weighted by molar-refractivity contribution is 5.14. The first kappa shape index (κ1) is 9.71. The number of nitrogens with zero attached hydrogens (tertiary/aromatic N) is 2. The molecule has 0 atom stereocenters. The number of H-pyrrole nitrogens is 1. The predicted molar refractivity (Wildman–Crippen MR) is 57.6 cm³/mol. The Labute approximate surface area is 87.5 Å². The molecule has 1 N–H and O–H groups in total. The summed E-state index contributed by atoms with van der Waals surface area (Å²) in [6.07, 6.45) is 3.27. The first-order chi connectivity index (χ1) is 7.34. The van der Waals surface area contributed by atoms with E-state index in [2.05, 4.69) is 22.3 Å². The quantitative estimate of drug-likeness (QED) is 0.811. The molecule has 78 valence electrons. The third kappa shape index (κ3) is 2.80. The molecule has 0 aliphatic heterocycles. The van der Waals surface area contributed by atoms with Crippen molar-refractivity contribution >= 4 is 0 Å². The number of hydrogen-bond acceptors (Lipinski definition) is 2. The molecule has 0 aliphatic rings. The van der Waals surface area contributed by atoms with Crippen LogP contribution in [-0.2, 0) is 13.0 Å². The minimum atomic E-state index is -0.144. The van der Waals surface area contributed by atoms with Gasteiger partial charge in [-0.1, -0.05) is 30.3 Å². The summed E-state index contributed by atoms with van der Waals surface area (Å²) in [6, 6.07) is 10.3. The molecule has 0 amide bonds. The lowest BCUT2D eigenvalue weighted by atomic mass is 10.1. The first-order valence-electron chi connectivity index (χ1n) is 5.01. The molecule has 1 aromatic carbocycles. The number of aromatic nitrogens is 3. The van der Waals surface area contributed by atoms with Crippen LogP contribution < -0.4 is 5.56 Å². The summed E-state index contributed by atoms with van der Waals surface area (Å²) < 4.78 is 0. The normalized spacial score (nSPS) is 10.4. The summed E-state index contributed by atoms with van der Waals surface area (Å²) in [5.74, 6) is 0. The number of aromatic amines is 1. The average molecular weight is 203 g/mol. The molecule has 0 aliphatic carbocycles. The van der Waals surface area contributed by atoms with Crippen LogP contribution in [0.5, 0.6) is 0 Å². The molecule has 0 spiro atoms. The van der Waals surface area contributed by atoms with E-state index in [1.165, 1.54) is 11.8 Å². The van der Waals surface area contributed by atoms with Gasteiger partial charge in [0.05, 0.1) is 6.54 Å². The molecule has 0 bridgehead atoms. The molecular formula is C11H13N3O. The van der Waals surface area contributed by atoms with Crippen molar-refractivity contribution in [3.05, 3.63) is 52.4 Å². The predicted octanol–water partition coefficient (Wildman–Crippen LogP) is 1.20. The van der Waals surface area contributed by atoms with E-state index >= 15 is 0 Å². The second-order valence-corrected chi connectivity index (χ2v) is 3.43. The Morgan fingerprint density at radius 2 is 2.07 bits per heavy atom. The molecule has 0 unspecified atom stereocenters. The zero-order valence-electron chi connectivity index (χ0n) is 8.39. The Kier molecular flexibility index (Phi) is 2.97. The molecule has 2 rings (SSSR count). The molecule has 0 radical (unpaired) electrons. The number of rotatable bonds is 4. The molecule has 0 saturated heterocycles. The van der Waals surface area contributed by atoms with Gasteiger partial charge in [0.15, 0.2) is 0 Å². The van der Waals surface area contributed by atoms with E-state index in [1.54, 1.807) is 4.80 Å². The van der Waals surface area contributed by atoms with Gasteiger partial charge in [-0.05, 0) is 18.4 Å². The van der Waals surface area contributed by atoms with Crippen LogP contribution >= 0.6 is 0 Å². The Hall–Kier alpha value is -1.84. The van der Waals surface area contributed by atoms with Gasteiger partial charge in [-0.15, -0.1) is 0 Å². The monoisotopic (exact) mass is 203 g/mol. The third-order valence-corrected chi connectivity index (χ3v) is 2.23. The summed E-state index contributed by atoms with van der Waals surface area (Å²) in [4.78, 5) is 12.4. The highest BCUT2D eigenvalue weighted by Gasteiger charge is 1.95. The number of aryl methyl sites for hydroxylation is 2. The van der Waals surface area contributed by atoms with Crippen molar-refractivity contribution in [1.82, 2.24) is 15.0 Å². The summed E-state index contributed by atoms with van der Waals surface area (Å²) in [5.41, 5.74) is 1.17. The summed E-state index contributed by atoms with van der Waals surface area (Å²) >= 11 is 0. The van der Waals surface area contributed by atoms with Gasteiger partial charge >= 0.3 is 0 Å². The Morgan fingerprint density at radius 1 is 1.27 bits per heavy atom. The van der Waals surface area contributed by atoms with Crippen molar-refractivity contribution in [3.8, 4) is 0 Å². The minimum absolute atomic E-state index is 0.144. The van der Waals surface area contributed by atoms with E-state index < -0.39 is 0 Å². The molecule has 15 heavy (non-hydrogen) atoms. The third-order valence-electron chi connectivity index (χ3n) is 2.23. The average Bonchev–Trinajstić information content (AvgIpc) is 2.66. The molecule has 4 heteroatoms. The lowest BCUT2D eigenvalue weighted by Gasteiger charge is -2.01. The van der Waals surface area contributed by atoms with Crippen molar-refractivity contribution in [2.24, 2.45) is 0 Å². The Bertz CT molecular complexity index is 458. The molecular weight excluding hydrogens is 190 g/mol. The molecule has 1 aromatic heterocycles. The fraction of sp³-hybridized carbons (Fsp3) is 0.273. The lowest BCUT2D eigenvalue weighted by molar-refractivity contribution is 0.510. The summed E-state index contributed by atoms with van der Waals surface area (Å²) in [5, 5.41) is 6.51. The maximum atomic E-state index is 10.8. The highest BCUT2D eigenvalue weighted by Crippen LogP contribution is 2.02. The zero-order chi connectivity index (χ0) is 10.5. The maximum Gasteiger partial charge on any atom is 0.284 e. The van der Waals surface area contributed by atoms with Crippen LogP contribution in [0.1, 0.15) is 12.0 Å². The van der Waals surface area contributed by atoms with Crippen LogP contribution in [0, 0.1) is 0 Å². The molecule has 2 aromatic rings. The summed E-state index contributed by atoms with van der Waals surface area (Å²) in [7, 11) is 0. The molecule has 0 saturated carbocycles. The van der Waals surface area contributed by atoms with Crippen LogP contribution in [0.2, 0.25) is 0 Å². The topological polar surface area (TPSA) is 50.7 Å². The van der Waals surface area contributed by atoms with Crippen molar-refractivity contribution in [2.75, 3.05) is 0 Å². The largest absolute Gasteiger partial charge is 0.284 e. The van der Waals surface area contributed by atoms with Crippen molar-refractivity contribution in [2.45, 2.75) is 19.4 Å². The van der Waals surface area contributed by atoms with E-state index in [-0.39, 0.29) is 5.56 Å². The van der Waals surface area contributed by atoms with Gasteiger partial charge in [-0.3, -0.25) is 4.79 Å². The Balaban J connectivity index is 1.83. The summed E-state index contributed by atoms with van der Waals surface area (Å²) in [6.45, 7) is 0.747. The fourth-order valence-electron chi connectivity index (χ4n) is 1.50. The first-order valence-corrected chi connectivity index (χ1v) is 5.01. The van der Waals surface area contributed by atoms with Crippen molar-refractivity contribution < 1.29 is 0 Å². The van der Waals surface area contributed by atoms with Gasteiger partial charge in [0.2, 0.25) is 0 Å². The second-order valence-electron chi connectivity index (χ2n) is 3.43. The van der Waals surface area contributed by atoms with E-state index in [0.29, 0.717) is 0 Å². The van der Waals surface area contributed by atoms with Crippen LogP contribution in [0.4, 0.5) is 0 Å². The van der Waals surface area contributed by atoms with Crippen LogP contribution in [0.3, 0.4) is 0 Å². The van der Waals surface area contributed by atoms with E-state index in [9.17, 15) is 4.79 Å². The Morgan fingerprint density at radius 3 is 2.73 bits per heavy atom. The minimum Gasteiger partial charge on any atom is -0.266 e. The number of benzene rings is 1. The SMILES string of the molecule is O=c1cnn(CCCc2ccccc2)[nH]1. The maximum absolute atomic E-state index is 10.8. The highest BCUT2D eigenvalue weighted by atomic mass is 16.1. The van der Waals surface area contributed by atoms with Crippen molar-refractivity contribution in [1.29, 1.82) is 0 Å². The molecule has 1 heterocycles. The van der Waals surface area contributed by atoms with Gasteiger partial charge in [0, 0.05) is 0 Å². The van der Waals surface area contributed by atoms with Crippen LogP contribution in [-0.4, -0.2) is 15.0 Å². The number of hydrogen-bond donors (Lipinski definition) is 1. The van der Waals surface area contributed by atoms with E-state index in [4.69, 9.17) is 0 Å². The second kappa shape index (κ2) is 4.59. The van der Waals surface area contributed by atoms with Gasteiger partial charge in [-0.25, -0.2) is 9.90 Å². The van der Waals surface area contributed by atoms with Gasteiger partial charge in [-0.2, -0.15) is 5.10 Å². The van der Waals surface area contributed by atoms with E-state index in [0.717, 1.165) is 19.4 Å². The fourth-order valence-corrected chi connectivity index (χ4v) is 1.50. The lowest BCUT2D eigenvalue weighted by Crippen LogP contribution is -2.07. The van der Waals surface area contributed by atoms with Crippen LogP contribution in [0.25, 0.3) is 0 Å². The van der Waals surface area contributed by atoms with Gasteiger partial charge in [0.1, 0.15) is 6.20 Å². The van der Waals surface area contributed by atoms with Crippen LogP contribution in [0.15, 0.2) is 41.3 Å². The standard InChI is InChI=1S/C11H13N3O/c15-11-9-12-14(13-11)8-4-7-10-5-2-1-3-6-10/h1-3,5-6,9H,4,7-8H2,(H,13,15). The molecule has 4 nitrogen and oxygen atoms in total. The molecule has 0 fully saturated rings. The van der Waals surface area contributed by atoms with E-state index in [1.807, 2.05) is 18.2 Å². The smallest absolute Gasteiger partial charge is 0.266 e. The zero-order valence-corrected chi connectivity index (χ0v) is 8.39. The van der Waals surface area contributed by atoms with Gasteiger partial charge in [0.25, 0.3) is 5.56 Å². The van der Waals surface area contributed by atoms with Gasteiger partial charge < -0.3 is 0 Å². The number of nitrogens with one attached hydrogen (secondary N) is 1.